The fourth-order valence-electron chi connectivity index (χ4n) is 1.89. The fourth-order valence-corrected chi connectivity index (χ4v) is 1.89. The predicted octanol–water partition coefficient (Wildman–Crippen LogP) is 1.81. The Balaban J connectivity index is 2.56. The number of furan rings is 1. The number of likely N-dealkylation sites (N-methyl/N-ethyl adjacent to an activating group) is 1. The van der Waals surface area contributed by atoms with Crippen molar-refractivity contribution in [3.05, 3.63) is 23.7 Å². The molecule has 98 valence electrons. The van der Waals surface area contributed by atoms with Crippen LogP contribution in [0.5, 0.6) is 0 Å². The first-order chi connectivity index (χ1) is 8.22. The lowest BCUT2D eigenvalue weighted by Gasteiger charge is -2.25. The van der Waals surface area contributed by atoms with Gasteiger partial charge in [-0.2, -0.15) is 0 Å². The molecule has 0 fully saturated rings. The summed E-state index contributed by atoms with van der Waals surface area (Å²) in [6.07, 6.45) is 1.93. The molecular formula is C13H24N2O2. The fraction of sp³-hybridized carbons (Fsp3) is 0.692. The average Bonchev–Trinajstić information content (AvgIpc) is 2.79. The zero-order valence-electron chi connectivity index (χ0n) is 11.1. The lowest BCUT2D eigenvalue weighted by Crippen LogP contribution is -2.31. The standard InChI is InChI=1S/C13H24N2O2/c1-4-11-6-7-13(17-11)12(10-14)15(2)8-5-9-16-3/h6-7,12H,4-5,8-10,14H2,1-3H3. The Morgan fingerprint density at radius 3 is 2.76 bits per heavy atom. The van der Waals surface area contributed by atoms with Gasteiger partial charge in [0.05, 0.1) is 6.04 Å². The van der Waals surface area contributed by atoms with Crippen molar-refractivity contribution in [1.82, 2.24) is 4.90 Å². The Morgan fingerprint density at radius 1 is 1.47 bits per heavy atom. The minimum absolute atomic E-state index is 0.159. The largest absolute Gasteiger partial charge is 0.464 e. The summed E-state index contributed by atoms with van der Waals surface area (Å²) in [5.41, 5.74) is 5.83. The maximum absolute atomic E-state index is 5.83. The van der Waals surface area contributed by atoms with Gasteiger partial charge in [-0.05, 0) is 25.6 Å². The van der Waals surface area contributed by atoms with Crippen LogP contribution in [0.1, 0.15) is 30.9 Å². The smallest absolute Gasteiger partial charge is 0.122 e. The van der Waals surface area contributed by atoms with Crippen LogP contribution < -0.4 is 5.73 Å². The van der Waals surface area contributed by atoms with E-state index in [2.05, 4.69) is 18.9 Å². The third-order valence-electron chi connectivity index (χ3n) is 2.97. The second kappa shape index (κ2) is 7.48. The van der Waals surface area contributed by atoms with Crippen LogP contribution in [0.15, 0.2) is 16.5 Å². The SMILES string of the molecule is CCc1ccc(C(CN)N(C)CCCOC)o1. The summed E-state index contributed by atoms with van der Waals surface area (Å²) in [5.74, 6) is 1.98. The zero-order chi connectivity index (χ0) is 12.7. The molecule has 17 heavy (non-hydrogen) atoms. The van der Waals surface area contributed by atoms with Crippen molar-refractivity contribution in [3.8, 4) is 0 Å². The highest BCUT2D eigenvalue weighted by molar-refractivity contribution is 5.11. The van der Waals surface area contributed by atoms with Crippen LogP contribution >= 0.6 is 0 Å². The highest BCUT2D eigenvalue weighted by Gasteiger charge is 2.18. The minimum Gasteiger partial charge on any atom is -0.464 e. The van der Waals surface area contributed by atoms with Gasteiger partial charge in [-0.3, -0.25) is 4.90 Å². The molecule has 1 aromatic rings. The molecule has 0 bridgehead atoms. The van der Waals surface area contributed by atoms with Gasteiger partial charge in [0, 0.05) is 33.2 Å². The van der Waals surface area contributed by atoms with Crippen molar-refractivity contribution in [2.24, 2.45) is 5.73 Å². The number of hydrogen-bond acceptors (Lipinski definition) is 4. The number of nitrogens with two attached hydrogens (primary N) is 1. The van der Waals surface area contributed by atoms with Crippen LogP contribution in [0.25, 0.3) is 0 Å². The van der Waals surface area contributed by atoms with E-state index in [4.69, 9.17) is 14.9 Å². The van der Waals surface area contributed by atoms with Gasteiger partial charge in [0.2, 0.25) is 0 Å². The Kier molecular flexibility index (Phi) is 6.26. The van der Waals surface area contributed by atoms with Crippen LogP contribution in [0, 0.1) is 0 Å². The van der Waals surface area contributed by atoms with Crippen molar-refractivity contribution < 1.29 is 9.15 Å². The predicted molar refractivity (Wildman–Crippen MR) is 69.0 cm³/mol. The Labute approximate surface area is 104 Å². The van der Waals surface area contributed by atoms with Gasteiger partial charge in [-0.15, -0.1) is 0 Å². The van der Waals surface area contributed by atoms with Crippen molar-refractivity contribution in [2.75, 3.05) is 33.9 Å². The van der Waals surface area contributed by atoms with E-state index in [1.807, 2.05) is 12.1 Å². The van der Waals surface area contributed by atoms with Crippen LogP contribution in [-0.2, 0) is 11.2 Å². The van der Waals surface area contributed by atoms with E-state index < -0.39 is 0 Å². The zero-order valence-corrected chi connectivity index (χ0v) is 11.1. The number of ether oxygens (including phenoxy) is 1. The quantitative estimate of drug-likeness (QED) is 0.704. The van der Waals surface area contributed by atoms with Crippen LogP contribution in [0.4, 0.5) is 0 Å². The van der Waals surface area contributed by atoms with Gasteiger partial charge in [0.15, 0.2) is 0 Å². The maximum Gasteiger partial charge on any atom is 0.122 e. The average molecular weight is 240 g/mol. The number of aryl methyl sites for hydroxylation is 1. The topological polar surface area (TPSA) is 51.6 Å². The van der Waals surface area contributed by atoms with Gasteiger partial charge in [-0.25, -0.2) is 0 Å². The van der Waals surface area contributed by atoms with Gasteiger partial charge in [-0.1, -0.05) is 6.92 Å². The summed E-state index contributed by atoms with van der Waals surface area (Å²) in [7, 11) is 3.79. The molecule has 1 unspecified atom stereocenters. The summed E-state index contributed by atoms with van der Waals surface area (Å²) in [6.45, 7) is 4.39. The molecule has 0 radical (unpaired) electrons. The maximum atomic E-state index is 5.83. The highest BCUT2D eigenvalue weighted by Crippen LogP contribution is 2.21. The molecule has 1 atom stereocenters. The van der Waals surface area contributed by atoms with Gasteiger partial charge in [0.1, 0.15) is 11.5 Å². The molecule has 0 spiro atoms. The van der Waals surface area contributed by atoms with Crippen LogP contribution in [0.3, 0.4) is 0 Å². The monoisotopic (exact) mass is 240 g/mol. The molecule has 1 rings (SSSR count). The molecule has 0 aliphatic carbocycles. The first-order valence-electron chi connectivity index (χ1n) is 6.20. The normalized spacial score (nSPS) is 13.2. The van der Waals surface area contributed by atoms with E-state index in [0.717, 1.165) is 37.5 Å². The van der Waals surface area contributed by atoms with E-state index in [1.54, 1.807) is 7.11 Å². The molecule has 0 aliphatic rings. The molecular weight excluding hydrogens is 216 g/mol. The summed E-state index contributed by atoms with van der Waals surface area (Å²) in [6, 6.07) is 4.22. The van der Waals surface area contributed by atoms with Crippen molar-refractivity contribution in [2.45, 2.75) is 25.8 Å². The Hall–Kier alpha value is -0.840. The summed E-state index contributed by atoms with van der Waals surface area (Å²) in [4.78, 5) is 2.22. The molecule has 4 nitrogen and oxygen atoms in total. The molecule has 4 heteroatoms. The molecule has 1 heterocycles. The van der Waals surface area contributed by atoms with E-state index in [-0.39, 0.29) is 6.04 Å². The number of nitrogens with zero attached hydrogens (tertiary/aromatic N) is 1. The van der Waals surface area contributed by atoms with Gasteiger partial charge >= 0.3 is 0 Å². The molecule has 1 aromatic heterocycles. The van der Waals surface area contributed by atoms with Crippen molar-refractivity contribution >= 4 is 0 Å². The molecule has 0 aliphatic heterocycles. The van der Waals surface area contributed by atoms with E-state index >= 15 is 0 Å². The first-order valence-corrected chi connectivity index (χ1v) is 6.20. The van der Waals surface area contributed by atoms with Crippen molar-refractivity contribution in [1.29, 1.82) is 0 Å². The van der Waals surface area contributed by atoms with E-state index in [0.29, 0.717) is 6.54 Å². The minimum atomic E-state index is 0.159. The van der Waals surface area contributed by atoms with Crippen LogP contribution in [0.2, 0.25) is 0 Å². The third kappa shape index (κ3) is 4.15. The van der Waals surface area contributed by atoms with Crippen LogP contribution in [-0.4, -0.2) is 38.8 Å². The van der Waals surface area contributed by atoms with E-state index in [9.17, 15) is 0 Å². The first kappa shape index (κ1) is 14.2. The lowest BCUT2D eigenvalue weighted by atomic mass is 10.2. The van der Waals surface area contributed by atoms with E-state index in [1.165, 1.54) is 0 Å². The third-order valence-corrected chi connectivity index (χ3v) is 2.97. The molecule has 0 aromatic carbocycles. The number of methoxy groups -OCH3 is 1. The molecule has 0 saturated carbocycles. The lowest BCUT2D eigenvalue weighted by molar-refractivity contribution is 0.159. The number of hydrogen-bond donors (Lipinski definition) is 1. The molecule has 0 saturated heterocycles. The summed E-state index contributed by atoms with van der Waals surface area (Å²) in [5, 5.41) is 0. The second-order valence-electron chi connectivity index (χ2n) is 4.24. The molecule has 0 amide bonds. The second-order valence-corrected chi connectivity index (χ2v) is 4.24. The van der Waals surface area contributed by atoms with Gasteiger partial charge in [0.25, 0.3) is 0 Å². The Morgan fingerprint density at radius 2 is 2.24 bits per heavy atom. The van der Waals surface area contributed by atoms with Crippen molar-refractivity contribution in [3.63, 3.8) is 0 Å². The highest BCUT2D eigenvalue weighted by atomic mass is 16.5. The number of rotatable bonds is 8. The molecule has 2 N–H and O–H groups in total. The Bertz CT molecular complexity index is 312. The van der Waals surface area contributed by atoms with Gasteiger partial charge < -0.3 is 14.9 Å². The summed E-state index contributed by atoms with van der Waals surface area (Å²) < 4.78 is 10.8. The summed E-state index contributed by atoms with van der Waals surface area (Å²) >= 11 is 0.